The third kappa shape index (κ3) is 4.22. The van der Waals surface area contributed by atoms with Gasteiger partial charge in [0, 0.05) is 12.6 Å². The van der Waals surface area contributed by atoms with Gasteiger partial charge < -0.3 is 16.2 Å². The quantitative estimate of drug-likeness (QED) is 0.377. The Bertz CT molecular complexity index is 1470. The number of aryl methyl sites for hydroxylation is 1. The molecule has 0 aliphatic carbocycles. The molecule has 0 spiro atoms. The van der Waals surface area contributed by atoms with Crippen LogP contribution in [0.25, 0.3) is 0 Å². The van der Waals surface area contributed by atoms with Crippen molar-refractivity contribution < 1.29 is 14.3 Å². The molecule has 3 aromatic rings. The Hall–Kier alpha value is -4.87. The zero-order valence-electron chi connectivity index (χ0n) is 20.1. The summed E-state index contributed by atoms with van der Waals surface area (Å²) in [6.45, 7) is 1.99. The van der Waals surface area contributed by atoms with Crippen LogP contribution in [-0.4, -0.2) is 69.4 Å². The van der Waals surface area contributed by atoms with Crippen LogP contribution in [0.2, 0.25) is 0 Å². The molecule has 2 atom stereocenters. The minimum Gasteiger partial charge on any atom is -0.505 e. The number of amidine groups is 1. The highest BCUT2D eigenvalue weighted by Gasteiger charge is 2.44. The molecule has 1 aromatic heterocycles. The van der Waals surface area contributed by atoms with Gasteiger partial charge in [-0.25, -0.2) is 14.4 Å². The molecule has 0 saturated heterocycles. The number of likely N-dealkylation sites (N-methyl/N-ethyl adjacent to an activating group) is 1. The first-order valence-corrected chi connectivity index (χ1v) is 11.4. The van der Waals surface area contributed by atoms with Crippen molar-refractivity contribution in [1.82, 2.24) is 15.0 Å². The highest BCUT2D eigenvalue weighted by molar-refractivity contribution is 6.23. The first-order chi connectivity index (χ1) is 17.8. The summed E-state index contributed by atoms with van der Waals surface area (Å²) in [6, 6.07) is 10.1. The van der Waals surface area contributed by atoms with Gasteiger partial charge in [-0.3, -0.25) is 25.1 Å². The van der Waals surface area contributed by atoms with Crippen LogP contribution in [0, 0.1) is 18.2 Å². The maximum absolute atomic E-state index is 13.6. The molecule has 0 saturated carbocycles. The molecule has 12 heteroatoms. The van der Waals surface area contributed by atoms with E-state index in [0.717, 1.165) is 17.7 Å². The van der Waals surface area contributed by atoms with Crippen molar-refractivity contribution in [3.8, 4) is 5.75 Å². The zero-order valence-corrected chi connectivity index (χ0v) is 20.1. The number of hydrogen-bond donors (Lipinski definition) is 4. The van der Waals surface area contributed by atoms with Gasteiger partial charge in [0.05, 0.1) is 29.7 Å². The van der Waals surface area contributed by atoms with E-state index in [2.05, 4.69) is 20.4 Å². The highest BCUT2D eigenvalue weighted by Crippen LogP contribution is 2.29. The van der Waals surface area contributed by atoms with Gasteiger partial charge >= 0.3 is 0 Å². The monoisotopic (exact) mass is 501 g/mol. The first kappa shape index (κ1) is 23.9. The predicted octanol–water partition coefficient (Wildman–Crippen LogP) is 2.15. The number of benzene rings is 2. The van der Waals surface area contributed by atoms with Crippen LogP contribution in [-0.2, 0) is 4.79 Å². The number of aliphatic imine (C=N–C) groups is 1. The number of hydrogen-bond acceptors (Lipinski definition) is 10. The van der Waals surface area contributed by atoms with Gasteiger partial charge in [0.1, 0.15) is 29.8 Å². The van der Waals surface area contributed by atoms with E-state index in [-0.39, 0.29) is 40.9 Å². The predicted molar refractivity (Wildman–Crippen MR) is 139 cm³/mol. The van der Waals surface area contributed by atoms with Crippen LogP contribution in [0.5, 0.6) is 5.75 Å². The van der Waals surface area contributed by atoms with Gasteiger partial charge in [0.25, 0.3) is 5.91 Å². The second-order valence-electron chi connectivity index (χ2n) is 8.66. The molecule has 2 unspecified atom stereocenters. The molecular formula is C25H24FN9O2. The molecule has 5 rings (SSSR count). The molecule has 37 heavy (non-hydrogen) atoms. The molecule has 5 N–H and O–H groups in total. The number of aromatic nitrogens is 2. The summed E-state index contributed by atoms with van der Waals surface area (Å²) in [5, 5.41) is 27.4. The number of aromatic hydroxyl groups is 1. The molecular weight excluding hydrogens is 477 g/mol. The van der Waals surface area contributed by atoms with Crippen LogP contribution in [0.15, 0.2) is 58.9 Å². The van der Waals surface area contributed by atoms with Crippen molar-refractivity contribution in [3.63, 3.8) is 0 Å². The highest BCUT2D eigenvalue weighted by atomic mass is 19.1. The van der Waals surface area contributed by atoms with E-state index >= 15 is 0 Å². The molecule has 188 valence electrons. The third-order valence-corrected chi connectivity index (χ3v) is 6.29. The Morgan fingerprint density at radius 2 is 2.03 bits per heavy atom. The number of hydrazone groups is 1. The standard InChI is InChI=1S/C25H24FN9O2/c1-13-5-3-4-6-17(13)35-19(33-16-10-32-34(2)22(16)25(35)37)11-29-24-20(23(28)30-12-31-24)21(27)14-7-8-15(26)18(36)9-14/h3-10,12,16,22,27,36H,11H2,1-2H3,(H3,28,29,30,31). The Morgan fingerprint density at radius 1 is 1.24 bits per heavy atom. The molecule has 0 fully saturated rings. The number of phenols is 1. The number of halogens is 1. The van der Waals surface area contributed by atoms with Gasteiger partial charge in [-0.2, -0.15) is 5.10 Å². The fraction of sp³-hybridized carbons (Fsp3) is 0.200. The van der Waals surface area contributed by atoms with Crippen LogP contribution in [0.4, 0.5) is 21.7 Å². The molecule has 2 aliphatic heterocycles. The summed E-state index contributed by atoms with van der Waals surface area (Å²) >= 11 is 0. The van der Waals surface area contributed by atoms with Gasteiger partial charge in [-0.1, -0.05) is 18.2 Å². The largest absolute Gasteiger partial charge is 0.505 e. The third-order valence-electron chi connectivity index (χ3n) is 6.29. The maximum atomic E-state index is 13.6. The van der Waals surface area contributed by atoms with Crippen molar-refractivity contribution in [2.24, 2.45) is 10.1 Å². The Morgan fingerprint density at radius 3 is 2.78 bits per heavy atom. The lowest BCUT2D eigenvalue weighted by molar-refractivity contribution is -0.122. The fourth-order valence-electron chi connectivity index (χ4n) is 4.40. The number of rotatable bonds is 6. The number of phenolic OH excluding ortho intramolecular Hbond substituents is 1. The molecule has 1 amide bonds. The number of nitrogens with zero attached hydrogens (tertiary/aromatic N) is 6. The smallest absolute Gasteiger partial charge is 0.259 e. The number of nitrogens with two attached hydrogens (primary N) is 1. The second-order valence-corrected chi connectivity index (χ2v) is 8.66. The van der Waals surface area contributed by atoms with Gasteiger partial charge in [0.15, 0.2) is 17.6 Å². The van der Waals surface area contributed by atoms with Crippen molar-refractivity contribution in [3.05, 3.63) is 71.3 Å². The molecule has 2 aromatic carbocycles. The van der Waals surface area contributed by atoms with E-state index in [0.29, 0.717) is 11.5 Å². The normalized spacial score (nSPS) is 18.6. The number of carbonyl (C=O) groups excluding carboxylic acids is 1. The number of anilines is 3. The SMILES string of the molecule is Cc1ccccc1N1C(=O)C2C(C=NN2C)N=C1CNc1ncnc(N)c1C(=N)c1ccc(F)c(O)c1. The van der Waals surface area contributed by atoms with Crippen molar-refractivity contribution in [2.45, 2.75) is 19.0 Å². The van der Waals surface area contributed by atoms with Crippen LogP contribution >= 0.6 is 0 Å². The van der Waals surface area contributed by atoms with Gasteiger partial charge in [-0.15, -0.1) is 0 Å². The van der Waals surface area contributed by atoms with Crippen molar-refractivity contribution in [1.29, 1.82) is 5.41 Å². The van der Waals surface area contributed by atoms with E-state index in [1.54, 1.807) is 23.2 Å². The number of nitrogens with one attached hydrogen (secondary N) is 2. The van der Waals surface area contributed by atoms with E-state index < -0.39 is 23.7 Å². The van der Waals surface area contributed by atoms with E-state index in [4.69, 9.17) is 16.1 Å². The Labute approximate surface area is 211 Å². The van der Waals surface area contributed by atoms with Crippen molar-refractivity contribution >= 4 is 41.0 Å². The molecule has 2 aliphatic rings. The second kappa shape index (κ2) is 9.30. The summed E-state index contributed by atoms with van der Waals surface area (Å²) in [4.78, 5) is 28.2. The first-order valence-electron chi connectivity index (χ1n) is 11.4. The number of para-hydroxylation sites is 1. The minimum atomic E-state index is -0.803. The number of amides is 1. The van der Waals surface area contributed by atoms with Crippen LogP contribution in [0.1, 0.15) is 16.7 Å². The summed E-state index contributed by atoms with van der Waals surface area (Å²) in [5.74, 6) is -0.870. The zero-order chi connectivity index (χ0) is 26.3. The summed E-state index contributed by atoms with van der Waals surface area (Å²) in [5.41, 5.74) is 7.97. The Kier molecular flexibility index (Phi) is 5.99. The van der Waals surface area contributed by atoms with Gasteiger partial charge in [-0.05, 0) is 36.8 Å². The van der Waals surface area contributed by atoms with Crippen molar-refractivity contribution in [2.75, 3.05) is 29.5 Å². The van der Waals surface area contributed by atoms with Crippen LogP contribution < -0.4 is 16.0 Å². The Balaban J connectivity index is 1.50. The molecule has 11 nitrogen and oxygen atoms in total. The maximum Gasteiger partial charge on any atom is 0.259 e. The lowest BCUT2D eigenvalue weighted by Crippen LogP contribution is -2.57. The number of carbonyl (C=O) groups is 1. The number of nitrogen functional groups attached to an aromatic ring is 1. The average Bonchev–Trinajstić information content (AvgIpc) is 3.25. The van der Waals surface area contributed by atoms with E-state index in [9.17, 15) is 14.3 Å². The van der Waals surface area contributed by atoms with Crippen LogP contribution in [0.3, 0.4) is 0 Å². The summed E-state index contributed by atoms with van der Waals surface area (Å²) in [7, 11) is 1.74. The minimum absolute atomic E-state index is 0.0216. The van der Waals surface area contributed by atoms with Gasteiger partial charge in [0.2, 0.25) is 0 Å². The lowest BCUT2D eigenvalue weighted by atomic mass is 10.0. The van der Waals surface area contributed by atoms with E-state index in [1.807, 2.05) is 31.2 Å². The topological polar surface area (TPSA) is 156 Å². The average molecular weight is 502 g/mol. The summed E-state index contributed by atoms with van der Waals surface area (Å²) < 4.78 is 13.6. The molecule has 3 heterocycles. The summed E-state index contributed by atoms with van der Waals surface area (Å²) in [6.07, 6.45) is 2.89. The fourth-order valence-corrected chi connectivity index (χ4v) is 4.40. The number of fused-ring (bicyclic) bond motifs is 1. The lowest BCUT2D eigenvalue weighted by Gasteiger charge is -2.35. The molecule has 0 radical (unpaired) electrons. The van der Waals surface area contributed by atoms with E-state index in [1.165, 1.54) is 12.4 Å². The molecule has 0 bridgehead atoms.